The molecule has 2 rings (SSSR count). The summed E-state index contributed by atoms with van der Waals surface area (Å²) in [6, 6.07) is 1.50. The Balaban J connectivity index is 2.61. The van der Waals surface area contributed by atoms with Gasteiger partial charge in [-0.3, -0.25) is 4.79 Å². The van der Waals surface area contributed by atoms with Crippen LogP contribution < -0.4 is 0 Å². The van der Waals surface area contributed by atoms with Crippen molar-refractivity contribution in [2.24, 2.45) is 0 Å². The molecule has 0 unspecified atom stereocenters. The molecular formula is C8H8O3S2. The molecule has 2 heterocycles. The van der Waals surface area contributed by atoms with Gasteiger partial charge in [0.1, 0.15) is 0 Å². The summed E-state index contributed by atoms with van der Waals surface area (Å²) in [6.07, 6.45) is 0.565. The molecule has 1 aromatic rings. The summed E-state index contributed by atoms with van der Waals surface area (Å²) >= 11 is 1.30. The Morgan fingerprint density at radius 3 is 2.77 bits per heavy atom. The van der Waals surface area contributed by atoms with Crippen molar-refractivity contribution in [3.8, 4) is 0 Å². The number of rotatable bonds is 1. The zero-order chi connectivity index (χ0) is 9.64. The van der Waals surface area contributed by atoms with Gasteiger partial charge in [-0.15, -0.1) is 11.3 Å². The second kappa shape index (κ2) is 2.65. The van der Waals surface area contributed by atoms with E-state index >= 15 is 0 Å². The van der Waals surface area contributed by atoms with Gasteiger partial charge in [0.05, 0.1) is 15.5 Å². The molecule has 70 valence electrons. The molecule has 5 heteroatoms. The van der Waals surface area contributed by atoms with Crippen LogP contribution in [0.25, 0.3) is 0 Å². The minimum Gasteiger partial charge on any atom is -0.294 e. The molecule has 13 heavy (non-hydrogen) atoms. The van der Waals surface area contributed by atoms with E-state index in [0.29, 0.717) is 16.2 Å². The first kappa shape index (κ1) is 8.90. The summed E-state index contributed by atoms with van der Waals surface area (Å²) in [5.74, 6) is 0.140. The monoisotopic (exact) mass is 216 g/mol. The summed E-state index contributed by atoms with van der Waals surface area (Å²) in [7, 11) is -3.06. The number of carbonyl (C=O) groups excluding carboxylic acids is 1. The van der Waals surface area contributed by atoms with Crippen molar-refractivity contribution in [1.29, 1.82) is 0 Å². The molecule has 0 fully saturated rings. The van der Waals surface area contributed by atoms with E-state index in [2.05, 4.69) is 0 Å². The summed E-state index contributed by atoms with van der Waals surface area (Å²) in [6.45, 7) is 1.45. The number of fused-ring (bicyclic) bond motifs is 1. The fraction of sp³-hybridized carbons (Fsp3) is 0.375. The van der Waals surface area contributed by atoms with Gasteiger partial charge in [-0.2, -0.15) is 0 Å². The number of carbonyl (C=O) groups is 1. The molecule has 0 bridgehead atoms. The number of ketones is 1. The third kappa shape index (κ3) is 1.32. The Kier molecular flexibility index (Phi) is 1.82. The second-order valence-corrected chi connectivity index (χ2v) is 6.24. The lowest BCUT2D eigenvalue weighted by Gasteiger charge is -1.89. The highest BCUT2D eigenvalue weighted by atomic mass is 32.2. The fourth-order valence-corrected chi connectivity index (χ4v) is 4.46. The number of aryl methyl sites for hydroxylation is 1. The van der Waals surface area contributed by atoms with Crippen molar-refractivity contribution in [1.82, 2.24) is 0 Å². The highest BCUT2D eigenvalue weighted by Crippen LogP contribution is 2.33. The highest BCUT2D eigenvalue weighted by Gasteiger charge is 2.29. The van der Waals surface area contributed by atoms with Crippen molar-refractivity contribution < 1.29 is 13.2 Å². The topological polar surface area (TPSA) is 51.2 Å². The van der Waals surface area contributed by atoms with Crippen LogP contribution in [0.5, 0.6) is 0 Å². The van der Waals surface area contributed by atoms with Crippen LogP contribution in [0, 0.1) is 0 Å². The van der Waals surface area contributed by atoms with E-state index in [-0.39, 0.29) is 11.5 Å². The number of Topliss-reactive ketones (excluding diaryl/α,β-unsaturated/α-hetero) is 1. The Hall–Kier alpha value is -0.680. The normalized spacial score (nSPS) is 18.5. The van der Waals surface area contributed by atoms with Crippen LogP contribution in [-0.4, -0.2) is 20.0 Å². The molecule has 0 atom stereocenters. The van der Waals surface area contributed by atoms with E-state index in [1.807, 2.05) is 0 Å². The van der Waals surface area contributed by atoms with E-state index in [4.69, 9.17) is 0 Å². The van der Waals surface area contributed by atoms with Crippen LogP contribution in [0.3, 0.4) is 0 Å². The van der Waals surface area contributed by atoms with Crippen molar-refractivity contribution in [2.45, 2.75) is 18.2 Å². The molecule has 3 nitrogen and oxygen atoms in total. The molecule has 1 aliphatic heterocycles. The van der Waals surface area contributed by atoms with Crippen LogP contribution in [-0.2, 0) is 16.3 Å². The number of thiophene rings is 1. The predicted molar refractivity (Wildman–Crippen MR) is 50.1 cm³/mol. The number of hydrogen-bond donors (Lipinski definition) is 0. The van der Waals surface area contributed by atoms with E-state index in [1.165, 1.54) is 24.3 Å². The van der Waals surface area contributed by atoms with Gasteiger partial charge in [-0.25, -0.2) is 8.42 Å². The Bertz CT molecular complexity index is 468. The first-order valence-corrected chi connectivity index (χ1v) is 6.34. The van der Waals surface area contributed by atoms with Crippen molar-refractivity contribution in [3.05, 3.63) is 15.8 Å². The second-order valence-electron chi connectivity index (χ2n) is 3.02. The molecule has 1 aliphatic rings. The van der Waals surface area contributed by atoms with Crippen molar-refractivity contribution in [2.75, 3.05) is 5.75 Å². The molecule has 0 saturated carbocycles. The van der Waals surface area contributed by atoms with Gasteiger partial charge in [-0.1, -0.05) is 0 Å². The Morgan fingerprint density at radius 1 is 1.54 bits per heavy atom. The van der Waals surface area contributed by atoms with Crippen LogP contribution in [0.1, 0.15) is 21.5 Å². The Morgan fingerprint density at radius 2 is 2.23 bits per heavy atom. The molecule has 0 radical (unpaired) electrons. The molecule has 1 aromatic heterocycles. The number of sulfone groups is 1. The molecular weight excluding hydrogens is 208 g/mol. The summed E-state index contributed by atoms with van der Waals surface area (Å²) in [4.78, 5) is 12.7. The summed E-state index contributed by atoms with van der Waals surface area (Å²) in [5, 5.41) is 0. The quantitative estimate of drug-likeness (QED) is 0.664. The van der Waals surface area contributed by atoms with E-state index in [9.17, 15) is 13.2 Å². The SMILES string of the molecule is CC(=O)c1cc2c(s1)CCS2(=O)=O. The van der Waals surface area contributed by atoms with Crippen LogP contribution in [0.2, 0.25) is 0 Å². The smallest absolute Gasteiger partial charge is 0.179 e. The lowest BCUT2D eigenvalue weighted by molar-refractivity contribution is 0.102. The van der Waals surface area contributed by atoms with Gasteiger partial charge in [0.15, 0.2) is 15.6 Å². The van der Waals surface area contributed by atoms with Gasteiger partial charge in [0.25, 0.3) is 0 Å². The van der Waals surface area contributed by atoms with Gasteiger partial charge in [0.2, 0.25) is 0 Å². The van der Waals surface area contributed by atoms with Crippen LogP contribution >= 0.6 is 11.3 Å². The lowest BCUT2D eigenvalue weighted by Crippen LogP contribution is -1.99. The largest absolute Gasteiger partial charge is 0.294 e. The molecule has 0 aromatic carbocycles. The van der Waals surface area contributed by atoms with E-state index in [1.54, 1.807) is 0 Å². The van der Waals surface area contributed by atoms with Gasteiger partial charge >= 0.3 is 0 Å². The van der Waals surface area contributed by atoms with Crippen molar-refractivity contribution in [3.63, 3.8) is 0 Å². The van der Waals surface area contributed by atoms with Gasteiger partial charge in [0, 0.05) is 4.88 Å². The average Bonchev–Trinajstić information content (AvgIpc) is 2.53. The fourth-order valence-electron chi connectivity index (χ4n) is 1.36. The molecule has 0 spiro atoms. The molecule has 0 aliphatic carbocycles. The van der Waals surface area contributed by atoms with E-state index < -0.39 is 9.84 Å². The van der Waals surface area contributed by atoms with Gasteiger partial charge < -0.3 is 0 Å². The minimum absolute atomic E-state index is 0.0606. The first-order chi connectivity index (χ1) is 6.00. The molecule has 0 amide bonds. The van der Waals surface area contributed by atoms with Crippen molar-refractivity contribution >= 4 is 27.0 Å². The Labute approximate surface area is 80.3 Å². The predicted octanol–water partition coefficient (Wildman–Crippen LogP) is 1.28. The summed E-state index contributed by atoms with van der Waals surface area (Å²) < 4.78 is 22.8. The minimum atomic E-state index is -3.06. The third-order valence-corrected chi connectivity index (χ3v) is 5.25. The zero-order valence-corrected chi connectivity index (χ0v) is 8.67. The maximum absolute atomic E-state index is 11.4. The van der Waals surface area contributed by atoms with Gasteiger partial charge in [-0.05, 0) is 19.4 Å². The molecule has 0 saturated heterocycles. The standard InChI is InChI=1S/C8H8O3S2/c1-5(9)7-4-8-6(12-7)2-3-13(8,10)11/h4H,2-3H2,1H3. The highest BCUT2D eigenvalue weighted by molar-refractivity contribution is 7.92. The third-order valence-electron chi connectivity index (χ3n) is 2.05. The van der Waals surface area contributed by atoms with Crippen LogP contribution in [0.15, 0.2) is 11.0 Å². The average molecular weight is 216 g/mol. The van der Waals surface area contributed by atoms with Crippen LogP contribution in [0.4, 0.5) is 0 Å². The molecule has 0 N–H and O–H groups in total. The lowest BCUT2D eigenvalue weighted by atomic mass is 10.3. The van der Waals surface area contributed by atoms with E-state index in [0.717, 1.165) is 4.88 Å². The maximum atomic E-state index is 11.4. The number of hydrogen-bond acceptors (Lipinski definition) is 4. The maximum Gasteiger partial charge on any atom is 0.179 e. The zero-order valence-electron chi connectivity index (χ0n) is 7.03. The first-order valence-electron chi connectivity index (χ1n) is 3.87. The summed E-state index contributed by atoms with van der Waals surface area (Å²) in [5.41, 5.74) is 0.